The summed E-state index contributed by atoms with van der Waals surface area (Å²) in [7, 11) is 0. The molecule has 0 aliphatic carbocycles. The largest absolute Gasteiger partial charge is 0.489 e. The van der Waals surface area contributed by atoms with E-state index in [4.69, 9.17) is 9.57 Å². The maximum Gasteiger partial charge on any atom is 0.278 e. The number of carbonyl (C=O) groups excluding carboxylic acids is 3. The number of halogens is 1. The molecule has 1 aromatic heterocycles. The van der Waals surface area contributed by atoms with Crippen molar-refractivity contribution >= 4 is 23.4 Å². The Labute approximate surface area is 243 Å². The highest BCUT2D eigenvalue weighted by Crippen LogP contribution is 2.33. The lowest BCUT2D eigenvalue weighted by atomic mass is 10.0. The summed E-state index contributed by atoms with van der Waals surface area (Å²) in [6.45, 7) is 5.81. The Morgan fingerprint density at radius 3 is 2.57 bits per heavy atom. The Hall–Kier alpha value is -4.35. The average Bonchev–Trinajstić information content (AvgIpc) is 3.33. The van der Waals surface area contributed by atoms with Crippen molar-refractivity contribution in [1.82, 2.24) is 20.3 Å². The summed E-state index contributed by atoms with van der Waals surface area (Å²) >= 11 is 0. The van der Waals surface area contributed by atoms with E-state index in [2.05, 4.69) is 39.2 Å². The quantitative estimate of drug-likeness (QED) is 0.409. The topological polar surface area (TPSA) is 104 Å². The van der Waals surface area contributed by atoms with Crippen molar-refractivity contribution < 1.29 is 28.3 Å². The Morgan fingerprint density at radius 1 is 1.05 bits per heavy atom. The van der Waals surface area contributed by atoms with Gasteiger partial charge in [-0.05, 0) is 42.7 Å². The van der Waals surface area contributed by atoms with E-state index in [0.717, 1.165) is 31.7 Å². The third-order valence-electron chi connectivity index (χ3n) is 8.14. The molecule has 1 unspecified atom stereocenters. The molecule has 0 radical (unpaired) electrons. The van der Waals surface area contributed by atoms with E-state index >= 15 is 0 Å². The van der Waals surface area contributed by atoms with Crippen LogP contribution < -0.4 is 15.0 Å². The molecule has 6 rings (SSSR count). The van der Waals surface area contributed by atoms with E-state index in [9.17, 15) is 18.8 Å². The van der Waals surface area contributed by atoms with Gasteiger partial charge in [-0.3, -0.25) is 34.4 Å². The summed E-state index contributed by atoms with van der Waals surface area (Å²) in [4.78, 5) is 50.4. The van der Waals surface area contributed by atoms with E-state index in [-0.39, 0.29) is 43.1 Å². The number of pyridine rings is 1. The monoisotopic (exact) mass is 573 g/mol. The van der Waals surface area contributed by atoms with Crippen LogP contribution in [0.25, 0.3) is 0 Å². The highest BCUT2D eigenvalue weighted by atomic mass is 19.1. The molecule has 0 bridgehead atoms. The number of imide groups is 1. The van der Waals surface area contributed by atoms with Crippen LogP contribution in [0.15, 0.2) is 60.9 Å². The fraction of sp³-hybridized carbons (Fsp3) is 0.355. The number of piperazine rings is 1. The molecule has 2 aromatic carbocycles. The van der Waals surface area contributed by atoms with Gasteiger partial charge in [0.05, 0.1) is 24.0 Å². The fourth-order valence-corrected chi connectivity index (χ4v) is 5.67. The highest BCUT2D eigenvalue weighted by Gasteiger charge is 2.36. The van der Waals surface area contributed by atoms with Gasteiger partial charge in [0.2, 0.25) is 5.91 Å². The number of carbonyl (C=O) groups is 3. The molecule has 2 atom stereocenters. The van der Waals surface area contributed by atoms with Crippen LogP contribution in [0.3, 0.4) is 0 Å². The summed E-state index contributed by atoms with van der Waals surface area (Å²) < 4.78 is 20.3. The predicted molar refractivity (Wildman–Crippen MR) is 151 cm³/mol. The van der Waals surface area contributed by atoms with Crippen LogP contribution in [0.5, 0.6) is 5.75 Å². The van der Waals surface area contributed by atoms with Gasteiger partial charge in [-0.15, -0.1) is 0 Å². The number of rotatable bonds is 8. The van der Waals surface area contributed by atoms with Crippen LogP contribution in [-0.4, -0.2) is 65.0 Å². The van der Waals surface area contributed by atoms with Gasteiger partial charge in [0.1, 0.15) is 12.4 Å². The van der Waals surface area contributed by atoms with Crippen LogP contribution in [0, 0.1) is 5.82 Å². The van der Waals surface area contributed by atoms with Crippen LogP contribution in [0.2, 0.25) is 0 Å². The molecule has 0 spiro atoms. The van der Waals surface area contributed by atoms with E-state index in [1.165, 1.54) is 16.8 Å². The number of hydrogen-bond acceptors (Lipinski definition) is 8. The molecule has 3 aliphatic rings. The first-order chi connectivity index (χ1) is 20.4. The second-order valence-electron chi connectivity index (χ2n) is 10.7. The van der Waals surface area contributed by atoms with Gasteiger partial charge in [-0.2, -0.15) is 0 Å². The smallest absolute Gasteiger partial charge is 0.278 e. The molecule has 1 N–H and O–H groups in total. The van der Waals surface area contributed by atoms with Crippen LogP contribution in [0.4, 0.5) is 10.1 Å². The lowest BCUT2D eigenvalue weighted by Gasteiger charge is -2.39. The summed E-state index contributed by atoms with van der Waals surface area (Å²) in [5.74, 6) is -0.929. The molecular weight excluding hydrogens is 541 g/mol. The van der Waals surface area contributed by atoms with Crippen molar-refractivity contribution in [3.05, 3.63) is 89.0 Å². The Morgan fingerprint density at radius 2 is 1.83 bits per heavy atom. The lowest BCUT2D eigenvalue weighted by molar-refractivity contribution is -0.183. The Balaban J connectivity index is 1.03. The number of anilines is 1. The number of fused-ring (bicyclic) bond motifs is 1. The molecule has 10 nitrogen and oxygen atoms in total. The third kappa shape index (κ3) is 5.70. The molecule has 2 fully saturated rings. The van der Waals surface area contributed by atoms with Crippen molar-refractivity contribution in [2.45, 2.75) is 45.1 Å². The number of amides is 3. The first-order valence-corrected chi connectivity index (χ1v) is 14.1. The molecule has 3 aliphatic heterocycles. The van der Waals surface area contributed by atoms with Crippen molar-refractivity contribution in [2.75, 3.05) is 31.1 Å². The molecular formula is C31H32FN5O5. The second-order valence-corrected chi connectivity index (χ2v) is 10.7. The first kappa shape index (κ1) is 27.8. The summed E-state index contributed by atoms with van der Waals surface area (Å²) in [6, 6.07) is 15.5. The summed E-state index contributed by atoms with van der Waals surface area (Å²) in [5, 5.41) is 3.41. The Bertz CT molecular complexity index is 1490. The van der Waals surface area contributed by atoms with Gasteiger partial charge in [0.25, 0.3) is 11.8 Å². The Kier molecular flexibility index (Phi) is 7.86. The predicted octanol–water partition coefficient (Wildman–Crippen LogP) is 3.38. The maximum atomic E-state index is 14.1. The lowest BCUT2D eigenvalue weighted by Crippen LogP contribution is -2.47. The number of hydrogen-bond donors (Lipinski definition) is 1. The normalized spacial score (nSPS) is 20.0. The van der Waals surface area contributed by atoms with Crippen molar-refractivity contribution in [2.24, 2.45) is 0 Å². The zero-order chi connectivity index (χ0) is 29.2. The first-order valence-electron chi connectivity index (χ1n) is 14.1. The summed E-state index contributed by atoms with van der Waals surface area (Å²) in [5.41, 5.74) is 3.95. The van der Waals surface area contributed by atoms with Crippen molar-refractivity contribution in [1.29, 1.82) is 0 Å². The number of piperidine rings is 1. The van der Waals surface area contributed by atoms with Crippen molar-refractivity contribution in [3.63, 3.8) is 0 Å². The third-order valence-corrected chi connectivity index (χ3v) is 8.14. The van der Waals surface area contributed by atoms with Gasteiger partial charge in [-0.25, -0.2) is 9.45 Å². The van der Waals surface area contributed by atoms with Gasteiger partial charge >= 0.3 is 0 Å². The van der Waals surface area contributed by atoms with E-state index < -0.39 is 12.0 Å². The molecule has 3 amide bonds. The van der Waals surface area contributed by atoms with Crippen molar-refractivity contribution in [3.8, 4) is 5.75 Å². The van der Waals surface area contributed by atoms with Gasteiger partial charge in [-0.1, -0.05) is 30.3 Å². The number of aromatic nitrogens is 1. The number of nitrogens with one attached hydrogen (secondary N) is 1. The van der Waals surface area contributed by atoms with Crippen LogP contribution in [0.1, 0.15) is 52.9 Å². The molecule has 2 saturated heterocycles. The van der Waals surface area contributed by atoms with Crippen LogP contribution in [-0.2, 0) is 27.6 Å². The number of hydroxylamine groups is 2. The minimum absolute atomic E-state index is 0.152. The standard InChI is InChI=1S/C31H32FN5O5/c1-20(35-13-15-36(16-14-35)26-11-12-33-17-25(26)32)22-7-5-21(6-8-22)19-41-27-4-2-3-23-24(27)18-37(31(23)40)42-28-9-10-29(38)34-30(28)39/h2-8,11-12,17,20,28H,9-10,13-16,18-19H2,1H3,(H,34,38,39)/t20-,28?/m1/s1. The van der Waals surface area contributed by atoms with E-state index in [1.807, 2.05) is 18.2 Å². The molecule has 42 heavy (non-hydrogen) atoms. The number of benzene rings is 2. The number of ether oxygens (including phenoxy) is 1. The molecule has 11 heteroatoms. The van der Waals surface area contributed by atoms with Gasteiger partial charge in [0.15, 0.2) is 11.9 Å². The minimum Gasteiger partial charge on any atom is -0.489 e. The van der Waals surface area contributed by atoms with Crippen LogP contribution >= 0.6 is 0 Å². The minimum atomic E-state index is -0.889. The maximum absolute atomic E-state index is 14.1. The molecule has 0 saturated carbocycles. The SMILES string of the molecule is C[C@H](c1ccc(COc2cccc3c2CN(OC2CCC(=O)NC2=O)C3=O)cc1)N1CCN(c2ccncc2F)CC1. The molecule has 218 valence electrons. The van der Waals surface area contributed by atoms with Gasteiger partial charge < -0.3 is 9.64 Å². The van der Waals surface area contributed by atoms with Gasteiger partial charge in [0, 0.05) is 50.4 Å². The zero-order valence-corrected chi connectivity index (χ0v) is 23.3. The molecule has 3 aromatic rings. The van der Waals surface area contributed by atoms with E-state index in [1.54, 1.807) is 24.4 Å². The average molecular weight is 574 g/mol. The highest BCUT2D eigenvalue weighted by molar-refractivity contribution is 6.00. The number of nitrogens with zero attached hydrogens (tertiary/aromatic N) is 4. The zero-order valence-electron chi connectivity index (χ0n) is 23.3. The fourth-order valence-electron chi connectivity index (χ4n) is 5.67. The second kappa shape index (κ2) is 11.9. The summed E-state index contributed by atoms with van der Waals surface area (Å²) in [6.07, 6.45) is 2.38. The molecule has 4 heterocycles. The van der Waals surface area contributed by atoms with E-state index in [0.29, 0.717) is 29.2 Å².